The van der Waals surface area contributed by atoms with E-state index in [2.05, 4.69) is 31.0 Å². The summed E-state index contributed by atoms with van der Waals surface area (Å²) in [6.07, 6.45) is 2.45. The van der Waals surface area contributed by atoms with Gasteiger partial charge in [0, 0.05) is 45.3 Å². The number of rotatable bonds is 10. The zero-order chi connectivity index (χ0) is 14.8. The minimum absolute atomic E-state index is 0.275. The first-order valence-electron chi connectivity index (χ1n) is 8.11. The second-order valence-electron chi connectivity index (χ2n) is 6.56. The van der Waals surface area contributed by atoms with Crippen molar-refractivity contribution in [2.24, 2.45) is 11.3 Å². The molecule has 1 N–H and O–H groups in total. The van der Waals surface area contributed by atoms with Gasteiger partial charge >= 0.3 is 0 Å². The molecule has 0 aromatic rings. The molecule has 0 radical (unpaired) electrons. The molecule has 0 aromatic carbocycles. The molecule has 4 nitrogen and oxygen atoms in total. The topological polar surface area (TPSA) is 33.7 Å². The predicted octanol–water partition coefficient (Wildman–Crippen LogP) is 2.00. The van der Waals surface area contributed by atoms with Crippen molar-refractivity contribution in [3.05, 3.63) is 0 Å². The molecule has 1 atom stereocenters. The van der Waals surface area contributed by atoms with Gasteiger partial charge in [-0.05, 0) is 25.3 Å². The molecule has 1 aliphatic heterocycles. The van der Waals surface area contributed by atoms with Crippen molar-refractivity contribution in [2.45, 2.75) is 33.6 Å². The van der Waals surface area contributed by atoms with Gasteiger partial charge < -0.3 is 19.7 Å². The highest BCUT2D eigenvalue weighted by molar-refractivity contribution is 4.87. The Bertz CT molecular complexity index is 241. The fraction of sp³-hybridized carbons (Fsp3) is 1.00. The molecule has 1 unspecified atom stereocenters. The third-order valence-corrected chi connectivity index (χ3v) is 3.95. The minimum Gasteiger partial charge on any atom is -0.383 e. The lowest BCUT2D eigenvalue weighted by molar-refractivity contribution is -0.0302. The summed E-state index contributed by atoms with van der Waals surface area (Å²) in [6.45, 7) is 14.7. The summed E-state index contributed by atoms with van der Waals surface area (Å²) in [5, 5.41) is 3.54. The molecule has 1 rings (SSSR count). The van der Waals surface area contributed by atoms with Crippen LogP contribution in [0.15, 0.2) is 0 Å². The quantitative estimate of drug-likeness (QED) is 0.666. The third kappa shape index (κ3) is 6.53. The Kier molecular flexibility index (Phi) is 8.69. The van der Waals surface area contributed by atoms with Crippen LogP contribution >= 0.6 is 0 Å². The third-order valence-electron chi connectivity index (χ3n) is 3.95. The van der Waals surface area contributed by atoms with E-state index in [9.17, 15) is 0 Å². The summed E-state index contributed by atoms with van der Waals surface area (Å²) in [7, 11) is 1.78. The van der Waals surface area contributed by atoms with E-state index in [-0.39, 0.29) is 5.41 Å². The van der Waals surface area contributed by atoms with E-state index in [0.29, 0.717) is 5.92 Å². The Morgan fingerprint density at radius 3 is 2.75 bits per heavy atom. The van der Waals surface area contributed by atoms with E-state index in [1.54, 1.807) is 7.11 Å². The molecule has 20 heavy (non-hydrogen) atoms. The Morgan fingerprint density at radius 2 is 2.20 bits per heavy atom. The van der Waals surface area contributed by atoms with Gasteiger partial charge in [-0.3, -0.25) is 0 Å². The second-order valence-corrected chi connectivity index (χ2v) is 6.56. The molecule has 0 spiro atoms. The molecule has 0 bridgehead atoms. The lowest BCUT2D eigenvalue weighted by atomic mass is 9.81. The molecular formula is C16H34N2O2. The van der Waals surface area contributed by atoms with E-state index >= 15 is 0 Å². The summed E-state index contributed by atoms with van der Waals surface area (Å²) >= 11 is 0. The zero-order valence-corrected chi connectivity index (χ0v) is 13.9. The van der Waals surface area contributed by atoms with Crippen LogP contribution in [0.3, 0.4) is 0 Å². The van der Waals surface area contributed by atoms with Gasteiger partial charge in [-0.1, -0.05) is 20.8 Å². The second kappa shape index (κ2) is 9.72. The lowest BCUT2D eigenvalue weighted by Crippen LogP contribution is -2.50. The normalized spacial score (nSPS) is 23.7. The van der Waals surface area contributed by atoms with Crippen LogP contribution in [0.4, 0.5) is 0 Å². The summed E-state index contributed by atoms with van der Waals surface area (Å²) in [5.41, 5.74) is 0.275. The van der Waals surface area contributed by atoms with Gasteiger partial charge in [-0.15, -0.1) is 0 Å². The first-order valence-corrected chi connectivity index (χ1v) is 8.11. The monoisotopic (exact) mass is 286 g/mol. The maximum absolute atomic E-state index is 5.79. The van der Waals surface area contributed by atoms with E-state index in [4.69, 9.17) is 9.47 Å². The van der Waals surface area contributed by atoms with Crippen molar-refractivity contribution < 1.29 is 9.47 Å². The number of hydrogen-bond donors (Lipinski definition) is 1. The van der Waals surface area contributed by atoms with Crippen LogP contribution < -0.4 is 5.32 Å². The van der Waals surface area contributed by atoms with E-state index < -0.39 is 0 Å². The van der Waals surface area contributed by atoms with Crippen LogP contribution in [-0.4, -0.2) is 64.6 Å². The number of hydrogen-bond acceptors (Lipinski definition) is 4. The highest BCUT2D eigenvalue weighted by Gasteiger charge is 2.34. The van der Waals surface area contributed by atoms with Crippen molar-refractivity contribution in [2.75, 3.05) is 59.7 Å². The largest absolute Gasteiger partial charge is 0.383 e. The molecule has 0 aliphatic carbocycles. The Balaban J connectivity index is 2.61. The average Bonchev–Trinajstić information content (AvgIpc) is 2.43. The van der Waals surface area contributed by atoms with Crippen molar-refractivity contribution in [1.29, 1.82) is 0 Å². The average molecular weight is 286 g/mol. The maximum atomic E-state index is 5.79. The number of nitrogens with one attached hydrogen (secondary N) is 1. The van der Waals surface area contributed by atoms with E-state index in [1.165, 1.54) is 12.8 Å². The van der Waals surface area contributed by atoms with Gasteiger partial charge in [0.1, 0.15) is 0 Å². The van der Waals surface area contributed by atoms with E-state index in [1.807, 2.05) is 0 Å². The SMILES string of the molecule is CCNCC1(CN(CCOC)CC(C)C)CCCOC1. The molecular weight excluding hydrogens is 252 g/mol. The Labute approximate surface area is 125 Å². The number of nitrogens with zero attached hydrogens (tertiary/aromatic N) is 1. The highest BCUT2D eigenvalue weighted by Crippen LogP contribution is 2.29. The van der Waals surface area contributed by atoms with Gasteiger partial charge in [-0.25, -0.2) is 0 Å². The van der Waals surface area contributed by atoms with Gasteiger partial charge in [-0.2, -0.15) is 0 Å². The van der Waals surface area contributed by atoms with Crippen molar-refractivity contribution in [3.63, 3.8) is 0 Å². The molecule has 120 valence electrons. The molecule has 1 fully saturated rings. The van der Waals surface area contributed by atoms with Crippen LogP contribution in [0.2, 0.25) is 0 Å². The van der Waals surface area contributed by atoms with Crippen LogP contribution in [0.1, 0.15) is 33.6 Å². The van der Waals surface area contributed by atoms with Crippen LogP contribution in [0.5, 0.6) is 0 Å². The van der Waals surface area contributed by atoms with Crippen molar-refractivity contribution in [1.82, 2.24) is 10.2 Å². The standard InChI is InChI=1S/C16H34N2O2/c1-5-17-12-16(7-6-9-20-14-16)13-18(8-10-19-4)11-15(2)3/h15,17H,5-14H2,1-4H3. The maximum Gasteiger partial charge on any atom is 0.0589 e. The van der Waals surface area contributed by atoms with Crippen molar-refractivity contribution in [3.8, 4) is 0 Å². The molecule has 0 aromatic heterocycles. The molecule has 0 saturated carbocycles. The van der Waals surface area contributed by atoms with Crippen LogP contribution in [0, 0.1) is 11.3 Å². The fourth-order valence-electron chi connectivity index (χ4n) is 3.07. The summed E-state index contributed by atoms with van der Waals surface area (Å²) in [6, 6.07) is 0. The summed E-state index contributed by atoms with van der Waals surface area (Å²) < 4.78 is 11.1. The fourth-order valence-corrected chi connectivity index (χ4v) is 3.07. The Hall–Kier alpha value is -0.160. The van der Waals surface area contributed by atoms with Crippen LogP contribution in [0.25, 0.3) is 0 Å². The first kappa shape index (κ1) is 17.9. The minimum atomic E-state index is 0.275. The van der Waals surface area contributed by atoms with Gasteiger partial charge in [0.15, 0.2) is 0 Å². The van der Waals surface area contributed by atoms with E-state index in [0.717, 1.165) is 52.5 Å². The number of ether oxygens (including phenoxy) is 2. The Morgan fingerprint density at radius 1 is 1.40 bits per heavy atom. The summed E-state index contributed by atoms with van der Waals surface area (Å²) in [5.74, 6) is 0.688. The smallest absolute Gasteiger partial charge is 0.0589 e. The molecule has 1 aliphatic rings. The van der Waals surface area contributed by atoms with Gasteiger partial charge in [0.05, 0.1) is 13.2 Å². The van der Waals surface area contributed by atoms with Crippen molar-refractivity contribution >= 4 is 0 Å². The first-order chi connectivity index (χ1) is 9.62. The van der Waals surface area contributed by atoms with Gasteiger partial charge in [0.2, 0.25) is 0 Å². The van der Waals surface area contributed by atoms with Gasteiger partial charge in [0.25, 0.3) is 0 Å². The lowest BCUT2D eigenvalue weighted by Gasteiger charge is -2.41. The summed E-state index contributed by atoms with van der Waals surface area (Å²) in [4.78, 5) is 2.56. The number of methoxy groups -OCH3 is 1. The predicted molar refractivity (Wildman–Crippen MR) is 84.2 cm³/mol. The molecule has 1 saturated heterocycles. The highest BCUT2D eigenvalue weighted by atomic mass is 16.5. The zero-order valence-electron chi connectivity index (χ0n) is 13.9. The molecule has 0 amide bonds. The molecule has 4 heteroatoms. The van der Waals surface area contributed by atoms with Crippen LogP contribution in [-0.2, 0) is 9.47 Å². The molecule has 1 heterocycles.